The second-order valence-corrected chi connectivity index (χ2v) is 23.4. The topological polar surface area (TPSA) is 321 Å². The van der Waals surface area contributed by atoms with E-state index in [-0.39, 0.29) is 45.5 Å². The van der Waals surface area contributed by atoms with Gasteiger partial charge in [-0.1, -0.05) is 46.4 Å². The van der Waals surface area contributed by atoms with Crippen LogP contribution in [0.25, 0.3) is 0 Å². The monoisotopic (exact) mass is 1500 g/mol. The second-order valence-electron chi connectivity index (χ2n) is 21.5. The number of carboxylic acids is 2. The molecule has 0 spiro atoms. The Hall–Kier alpha value is -9.49. The summed E-state index contributed by atoms with van der Waals surface area (Å²) in [4.78, 5) is 131. The van der Waals surface area contributed by atoms with Gasteiger partial charge < -0.3 is 29.2 Å². The van der Waals surface area contributed by atoms with Crippen molar-refractivity contribution < 1.29 is 99.6 Å². The number of benzene rings is 8. The maximum atomic E-state index is 12.3. The number of rotatable bonds is 22. The average Bonchev–Trinajstić information content (AvgIpc) is 0.898. The van der Waals surface area contributed by atoms with Gasteiger partial charge in [-0.15, -0.1) is 14.7 Å². The first-order valence-corrected chi connectivity index (χ1v) is 29.4. The molecule has 96 heavy (non-hydrogen) atoms. The Morgan fingerprint density at radius 3 is 0.594 bits per heavy atom. The van der Waals surface area contributed by atoms with E-state index in [9.17, 15) is 48.2 Å². The molecule has 8 rings (SSSR count). The van der Waals surface area contributed by atoms with Crippen molar-refractivity contribution in [1.82, 2.24) is 0 Å². The van der Waals surface area contributed by atoms with Crippen LogP contribution in [0.15, 0.2) is 210 Å². The molecule has 1 radical (unpaired) electrons. The van der Waals surface area contributed by atoms with Crippen LogP contribution in [0, 0.1) is 14.7 Å². The summed E-state index contributed by atoms with van der Waals surface area (Å²) in [6.07, 6.45) is 0. The van der Waals surface area contributed by atoms with Crippen LogP contribution >= 0.6 is 58.2 Å². The van der Waals surface area contributed by atoms with Gasteiger partial charge in [-0.2, -0.15) is 0 Å². The van der Waals surface area contributed by atoms with Gasteiger partial charge in [-0.3, -0.25) is 28.9 Å². The summed E-state index contributed by atoms with van der Waals surface area (Å²) in [5, 5.41) is 24.5. The molecule has 0 atom stereocenters. The fraction of sp³-hybridized carbons (Fsp3) is 0.176. The van der Waals surface area contributed by atoms with Gasteiger partial charge >= 0.3 is 23.9 Å². The van der Waals surface area contributed by atoms with Gasteiger partial charge in [0.05, 0.1) is 11.8 Å². The Labute approximate surface area is 590 Å². The van der Waals surface area contributed by atoms with Crippen LogP contribution in [0.3, 0.4) is 0 Å². The average molecular weight is 1510 g/mol. The third-order valence-corrected chi connectivity index (χ3v) is 13.6. The SMILES string of the molecule is CC(C)(Oc1ccc(C(=O)c2ccc(Cl)cc2)cc1)C(=O)O.CC(C)(Oc1ccc(C(=O)c2ccc(Cl)cc2)cc1)C(=O)O.CC(C)(Oc1ccc(C(=O)c2ccc(Cl)cc2)cc1)C(=O)ON=O.CC(C)(Oc1ccc(C(=O)c2ccc(Cl)cc2)cc1)C(=O)ON=O.O=NCl.[Ag]. The Balaban J connectivity index is 0.000000328. The minimum absolute atomic E-state index is 0. The van der Waals surface area contributed by atoms with E-state index in [0.717, 1.165) is 0 Å². The quantitative estimate of drug-likeness (QED) is 0.0275. The summed E-state index contributed by atoms with van der Waals surface area (Å²) in [6, 6.07) is 51.6. The van der Waals surface area contributed by atoms with E-state index in [1.807, 2.05) is 0 Å². The zero-order chi connectivity index (χ0) is 70.8. The van der Waals surface area contributed by atoms with Crippen LogP contribution in [0.2, 0.25) is 20.1 Å². The summed E-state index contributed by atoms with van der Waals surface area (Å²) in [5.41, 5.74) is -1.48. The standard InChI is InChI=1S/2C17H14ClNO5.2C17H15ClO4.Ag.ClNO/c2*1-17(2,16(21)24-19-22)23-14-9-5-12(6-10-14)15(20)11-3-7-13(18)8-4-11;2*1-17(2,16(20)21)22-14-9-5-12(6-10-14)15(19)11-3-7-13(18)8-4-11;;1-2-3/h2*3-10H,1-2H3;2*3-10H,1-2H3,(H,20,21);;. The number of carboxylic acid groups (broad SMARTS) is 2. The first-order chi connectivity index (χ1) is 44.7. The van der Waals surface area contributed by atoms with Crippen LogP contribution in [-0.2, 0) is 51.2 Å². The third-order valence-electron chi connectivity index (χ3n) is 12.6. The van der Waals surface area contributed by atoms with Crippen LogP contribution in [-0.4, -0.2) is 79.6 Å². The summed E-state index contributed by atoms with van der Waals surface area (Å²) in [7, 11) is 0. The molecule has 0 saturated heterocycles. The number of ketones is 4. The molecule has 22 nitrogen and oxygen atoms in total. The molecule has 8 aromatic carbocycles. The number of nitrogens with zero attached hydrogens (tertiary/aromatic N) is 3. The van der Waals surface area contributed by atoms with Gasteiger partial charge in [0.1, 0.15) is 23.0 Å². The Morgan fingerprint density at radius 1 is 0.302 bits per heavy atom. The van der Waals surface area contributed by atoms with Gasteiger partial charge in [0.2, 0.25) is 11.2 Å². The van der Waals surface area contributed by atoms with Crippen molar-refractivity contribution in [2.45, 2.75) is 77.8 Å². The van der Waals surface area contributed by atoms with E-state index in [1.54, 1.807) is 199 Å². The molecule has 0 amide bonds. The molecule has 0 bridgehead atoms. The largest absolute Gasteiger partial charge is 0.478 e. The summed E-state index contributed by atoms with van der Waals surface area (Å²) in [6.45, 7) is 11.6. The first-order valence-electron chi connectivity index (χ1n) is 27.5. The Bertz CT molecular complexity index is 3730. The maximum absolute atomic E-state index is 12.3. The molecule has 8 aromatic rings. The molecule has 0 aliphatic carbocycles. The van der Waals surface area contributed by atoms with Crippen molar-refractivity contribution in [3.8, 4) is 23.0 Å². The van der Waals surface area contributed by atoms with E-state index in [4.69, 9.17) is 80.5 Å². The number of carbonyl (C=O) groups is 8. The molecule has 0 heterocycles. The fourth-order valence-electron chi connectivity index (χ4n) is 7.41. The number of hydrogen-bond acceptors (Lipinski definition) is 20. The third kappa shape index (κ3) is 25.3. The summed E-state index contributed by atoms with van der Waals surface area (Å²) >= 11 is 27.3. The van der Waals surface area contributed by atoms with Gasteiger partial charge in [-0.25, -0.2) is 19.2 Å². The normalized spacial score (nSPS) is 10.6. The fourth-order valence-corrected chi connectivity index (χ4v) is 7.91. The number of aliphatic carboxylic acids is 2. The molecule has 0 aromatic heterocycles. The van der Waals surface area contributed by atoms with Crippen molar-refractivity contribution in [2.75, 3.05) is 0 Å². The number of carbonyl (C=O) groups excluding carboxylic acids is 6. The minimum atomic E-state index is -1.39. The Kier molecular flexibility index (Phi) is 31.6. The molecular weight excluding hydrogens is 1450 g/mol. The molecule has 0 saturated carbocycles. The summed E-state index contributed by atoms with van der Waals surface area (Å²) in [5.74, 6) is -3.10. The molecule has 0 fully saturated rings. The van der Waals surface area contributed by atoms with Crippen molar-refractivity contribution in [2.24, 2.45) is 15.4 Å². The second kappa shape index (κ2) is 37.6. The van der Waals surface area contributed by atoms with E-state index >= 15 is 0 Å². The van der Waals surface area contributed by atoms with E-state index in [1.165, 1.54) is 55.4 Å². The van der Waals surface area contributed by atoms with E-state index in [0.29, 0.717) is 87.6 Å². The van der Waals surface area contributed by atoms with Crippen molar-refractivity contribution in [1.29, 1.82) is 0 Å². The van der Waals surface area contributed by atoms with Crippen LogP contribution in [0.5, 0.6) is 23.0 Å². The van der Waals surface area contributed by atoms with Crippen LogP contribution in [0.1, 0.15) is 119 Å². The zero-order valence-corrected chi connectivity index (χ0v) is 57.1. The van der Waals surface area contributed by atoms with Crippen molar-refractivity contribution in [3.05, 3.63) is 273 Å². The molecule has 0 unspecified atom stereocenters. The maximum Gasteiger partial charge on any atom is 0.381 e. The number of ether oxygens (including phenoxy) is 4. The predicted octanol–water partition coefficient (Wildman–Crippen LogP) is 16.4. The molecule has 505 valence electrons. The van der Waals surface area contributed by atoms with Crippen LogP contribution in [0.4, 0.5) is 0 Å². The molecule has 2 N–H and O–H groups in total. The molecule has 0 aliphatic rings. The van der Waals surface area contributed by atoms with Gasteiger partial charge in [-0.05, 0) is 250 Å². The van der Waals surface area contributed by atoms with E-state index < -0.39 is 46.3 Å². The van der Waals surface area contributed by atoms with Gasteiger partial charge in [0, 0.05) is 91.7 Å². The predicted molar refractivity (Wildman–Crippen MR) is 355 cm³/mol. The first kappa shape index (κ1) is 80.7. The summed E-state index contributed by atoms with van der Waals surface area (Å²) < 4.78 is 23.4. The number of hydrogen-bond donors (Lipinski definition) is 2. The van der Waals surface area contributed by atoms with Gasteiger partial charge in [0.15, 0.2) is 45.0 Å². The zero-order valence-electron chi connectivity index (χ0n) is 51.8. The van der Waals surface area contributed by atoms with Gasteiger partial charge in [0.25, 0.3) is 0 Å². The molecular formula is C68H58AgCl5N3O19. The number of nitroso groups, excluding NO2 is 1. The molecule has 28 heteroatoms. The number of halogens is 5. The smallest absolute Gasteiger partial charge is 0.381 e. The van der Waals surface area contributed by atoms with Crippen molar-refractivity contribution in [3.63, 3.8) is 0 Å². The van der Waals surface area contributed by atoms with Crippen molar-refractivity contribution >= 4 is 105 Å². The van der Waals surface area contributed by atoms with E-state index in [2.05, 4.69) is 32.1 Å². The Morgan fingerprint density at radius 2 is 0.448 bits per heavy atom. The minimum Gasteiger partial charge on any atom is -0.478 e. The molecule has 0 aliphatic heterocycles. The van der Waals surface area contributed by atoms with Crippen LogP contribution < -0.4 is 18.9 Å².